The summed E-state index contributed by atoms with van der Waals surface area (Å²) in [4.78, 5) is 25.4. The molecule has 0 radical (unpaired) electrons. The molecule has 3 heterocycles. The summed E-state index contributed by atoms with van der Waals surface area (Å²) in [5.41, 5.74) is 15.8. The van der Waals surface area contributed by atoms with Crippen molar-refractivity contribution in [1.29, 1.82) is 0 Å². The van der Waals surface area contributed by atoms with Crippen LogP contribution in [0.25, 0.3) is 123 Å². The number of rotatable bonds is 6. The third-order valence-corrected chi connectivity index (χ3v) is 11.6. The molecule has 11 aromatic rings. The number of aromatic nitrogens is 5. The smallest absolute Gasteiger partial charge is 0.164 e. The summed E-state index contributed by atoms with van der Waals surface area (Å²) in [6.07, 6.45) is 0. The van der Waals surface area contributed by atoms with Crippen LogP contribution in [-0.2, 0) is 0 Å². The van der Waals surface area contributed by atoms with Crippen LogP contribution in [0.1, 0.15) is 0 Å². The number of nitrogens with zero attached hydrogens (tertiary/aromatic N) is 5. The molecule has 0 fully saturated rings. The number of hydrogen-bond donors (Lipinski definition) is 0. The molecular weight excluding hydrogens is 731 g/mol. The molecule has 0 bridgehead atoms. The molecule has 5 nitrogen and oxygen atoms in total. The predicted octanol–water partition coefficient (Wildman–Crippen LogP) is 13.8. The first-order valence-electron chi connectivity index (χ1n) is 20.2. The van der Waals surface area contributed by atoms with Crippen molar-refractivity contribution in [1.82, 2.24) is 24.9 Å². The molecule has 0 saturated heterocycles. The first kappa shape index (κ1) is 33.9. The fourth-order valence-corrected chi connectivity index (χ4v) is 8.67. The van der Waals surface area contributed by atoms with Gasteiger partial charge in [-0.15, -0.1) is 0 Å². The van der Waals surface area contributed by atoms with E-state index in [1.807, 2.05) is 72.8 Å². The van der Waals surface area contributed by atoms with Crippen LogP contribution in [0.5, 0.6) is 0 Å². The molecule has 3 aromatic heterocycles. The molecule has 60 heavy (non-hydrogen) atoms. The molecular formula is C55H33N5. The molecule has 0 aliphatic heterocycles. The zero-order valence-electron chi connectivity index (χ0n) is 32.3. The van der Waals surface area contributed by atoms with Gasteiger partial charge in [-0.1, -0.05) is 170 Å². The summed E-state index contributed by atoms with van der Waals surface area (Å²) in [5, 5.41) is 4.70. The topological polar surface area (TPSA) is 64.5 Å². The van der Waals surface area contributed by atoms with E-state index in [0.717, 1.165) is 66.6 Å². The van der Waals surface area contributed by atoms with E-state index < -0.39 is 0 Å². The maximum atomic E-state index is 5.31. The number of pyridine rings is 2. The van der Waals surface area contributed by atoms with E-state index in [1.165, 1.54) is 38.6 Å². The van der Waals surface area contributed by atoms with Gasteiger partial charge in [-0.2, -0.15) is 0 Å². The number of fused-ring (bicyclic) bond motifs is 6. The summed E-state index contributed by atoms with van der Waals surface area (Å²) in [7, 11) is 0. The monoisotopic (exact) mass is 763 g/mol. The lowest BCUT2D eigenvalue weighted by Crippen LogP contribution is -2.00. The summed E-state index contributed by atoms with van der Waals surface area (Å²) in [6.45, 7) is 0. The van der Waals surface area contributed by atoms with Crippen molar-refractivity contribution in [3.05, 3.63) is 200 Å². The fourth-order valence-electron chi connectivity index (χ4n) is 8.67. The minimum absolute atomic E-state index is 0.603. The molecule has 0 saturated carbocycles. The van der Waals surface area contributed by atoms with Gasteiger partial charge in [-0.05, 0) is 74.5 Å². The highest BCUT2D eigenvalue weighted by atomic mass is 15.0. The van der Waals surface area contributed by atoms with Gasteiger partial charge in [0.25, 0.3) is 0 Å². The van der Waals surface area contributed by atoms with Crippen LogP contribution in [0, 0.1) is 0 Å². The van der Waals surface area contributed by atoms with Crippen molar-refractivity contribution < 1.29 is 0 Å². The minimum Gasteiger partial charge on any atom is -0.245 e. The summed E-state index contributed by atoms with van der Waals surface area (Å²) < 4.78 is 0. The molecule has 0 N–H and O–H groups in total. The zero-order chi connectivity index (χ0) is 39.6. The second-order valence-electron chi connectivity index (χ2n) is 15.3. The Bertz CT molecular complexity index is 3430. The fraction of sp³-hybridized carbons (Fsp3) is 0. The standard InChI is InChI=1S/C55H33N5/c1-3-11-37(12-4-1)53-58-54(38-13-5-2-6-14-38)60-55(59-53)43-20-8-19-42(32-43)49-30-27-36-24-23-35-26-29-48(56-51(35)52(36)57-49)41-18-7-17-39(31-41)40-25-28-44-45-21-9-15-34-16-10-22-46(50(34)45)47(44)33-40/h1-33H. The lowest BCUT2D eigenvalue weighted by Gasteiger charge is -2.11. The highest BCUT2D eigenvalue weighted by Gasteiger charge is 2.22. The van der Waals surface area contributed by atoms with Gasteiger partial charge in [0, 0.05) is 38.6 Å². The van der Waals surface area contributed by atoms with Crippen molar-refractivity contribution in [2.75, 3.05) is 0 Å². The van der Waals surface area contributed by atoms with E-state index in [9.17, 15) is 0 Å². The van der Waals surface area contributed by atoms with Crippen LogP contribution in [0.15, 0.2) is 200 Å². The first-order valence-corrected chi connectivity index (χ1v) is 20.2. The van der Waals surface area contributed by atoms with E-state index in [0.29, 0.717) is 17.5 Å². The van der Waals surface area contributed by atoms with Crippen LogP contribution in [-0.4, -0.2) is 24.9 Å². The van der Waals surface area contributed by atoms with E-state index in [2.05, 4.69) is 127 Å². The summed E-state index contributed by atoms with van der Waals surface area (Å²) >= 11 is 0. The van der Waals surface area contributed by atoms with Crippen LogP contribution in [0.4, 0.5) is 0 Å². The van der Waals surface area contributed by atoms with E-state index in [1.54, 1.807) is 0 Å². The third kappa shape index (κ3) is 5.75. The zero-order valence-corrected chi connectivity index (χ0v) is 32.3. The van der Waals surface area contributed by atoms with Crippen LogP contribution >= 0.6 is 0 Å². The molecule has 0 atom stereocenters. The van der Waals surface area contributed by atoms with Gasteiger partial charge in [0.2, 0.25) is 0 Å². The Morgan fingerprint density at radius 3 is 1.28 bits per heavy atom. The van der Waals surface area contributed by atoms with Crippen molar-refractivity contribution in [3.8, 4) is 90.1 Å². The SMILES string of the molecule is c1ccc(-c2nc(-c3ccccc3)nc(-c3cccc(-c4ccc5ccc6ccc(-c7cccc(-c8ccc9c(c8)-c8cccc%10cccc-9c8%10)c7)nc6c5n4)c3)n2)cc1. The third-order valence-electron chi connectivity index (χ3n) is 11.6. The highest BCUT2D eigenvalue weighted by Crippen LogP contribution is 2.48. The van der Waals surface area contributed by atoms with E-state index in [-0.39, 0.29) is 0 Å². The van der Waals surface area contributed by atoms with Crippen molar-refractivity contribution in [3.63, 3.8) is 0 Å². The second kappa shape index (κ2) is 13.8. The number of benzene rings is 8. The van der Waals surface area contributed by atoms with Crippen LogP contribution < -0.4 is 0 Å². The van der Waals surface area contributed by atoms with E-state index >= 15 is 0 Å². The average Bonchev–Trinajstić information content (AvgIpc) is 3.65. The maximum absolute atomic E-state index is 5.31. The van der Waals surface area contributed by atoms with Crippen molar-refractivity contribution in [2.24, 2.45) is 0 Å². The molecule has 1 aliphatic carbocycles. The summed E-state index contributed by atoms with van der Waals surface area (Å²) in [5.74, 6) is 1.86. The highest BCUT2D eigenvalue weighted by molar-refractivity contribution is 6.15. The van der Waals surface area contributed by atoms with Crippen LogP contribution in [0.2, 0.25) is 0 Å². The van der Waals surface area contributed by atoms with Gasteiger partial charge in [0.1, 0.15) is 0 Å². The Morgan fingerprint density at radius 1 is 0.233 bits per heavy atom. The van der Waals surface area contributed by atoms with Crippen molar-refractivity contribution >= 4 is 32.6 Å². The predicted molar refractivity (Wildman–Crippen MR) is 245 cm³/mol. The maximum Gasteiger partial charge on any atom is 0.164 e. The lowest BCUT2D eigenvalue weighted by molar-refractivity contribution is 1.07. The molecule has 12 rings (SSSR count). The molecule has 0 unspecified atom stereocenters. The Kier molecular flexibility index (Phi) is 7.78. The normalized spacial score (nSPS) is 11.7. The Hall–Kier alpha value is -8.15. The lowest BCUT2D eigenvalue weighted by atomic mass is 9.96. The Morgan fingerprint density at radius 2 is 0.683 bits per heavy atom. The minimum atomic E-state index is 0.603. The van der Waals surface area contributed by atoms with Gasteiger partial charge >= 0.3 is 0 Å². The molecule has 8 aromatic carbocycles. The van der Waals surface area contributed by atoms with Gasteiger partial charge in [-0.25, -0.2) is 24.9 Å². The Labute approximate surface area is 346 Å². The first-order chi connectivity index (χ1) is 29.7. The molecule has 5 heteroatoms. The average molecular weight is 764 g/mol. The Balaban J connectivity index is 0.916. The second-order valence-corrected chi connectivity index (χ2v) is 15.3. The molecule has 278 valence electrons. The molecule has 0 amide bonds. The van der Waals surface area contributed by atoms with Crippen molar-refractivity contribution in [2.45, 2.75) is 0 Å². The molecule has 1 aliphatic rings. The van der Waals surface area contributed by atoms with Gasteiger partial charge in [0.05, 0.1) is 22.4 Å². The van der Waals surface area contributed by atoms with E-state index in [4.69, 9.17) is 24.9 Å². The van der Waals surface area contributed by atoms with Gasteiger partial charge in [-0.3, -0.25) is 0 Å². The quantitative estimate of drug-likeness (QED) is 0.158. The van der Waals surface area contributed by atoms with Gasteiger partial charge in [0.15, 0.2) is 17.5 Å². The number of hydrogen-bond acceptors (Lipinski definition) is 5. The van der Waals surface area contributed by atoms with Crippen LogP contribution in [0.3, 0.4) is 0 Å². The largest absolute Gasteiger partial charge is 0.245 e. The summed E-state index contributed by atoms with van der Waals surface area (Å²) in [6, 6.07) is 69.9. The molecule has 0 spiro atoms. The van der Waals surface area contributed by atoms with Gasteiger partial charge < -0.3 is 0 Å².